The van der Waals surface area contributed by atoms with E-state index in [-0.39, 0.29) is 23.4 Å². The first-order chi connectivity index (χ1) is 12.9. The molecule has 1 aliphatic rings. The van der Waals surface area contributed by atoms with Gasteiger partial charge in [-0.15, -0.1) is 0 Å². The van der Waals surface area contributed by atoms with Crippen LogP contribution in [0.15, 0.2) is 47.4 Å². The largest absolute Gasteiger partial charge is 0.497 e. The Labute approximate surface area is 160 Å². The molecule has 6 nitrogen and oxygen atoms in total. The van der Waals surface area contributed by atoms with Crippen LogP contribution in [0.3, 0.4) is 0 Å². The van der Waals surface area contributed by atoms with E-state index in [1.165, 1.54) is 0 Å². The fraction of sp³-hybridized carbons (Fsp3) is 0.350. The van der Waals surface area contributed by atoms with E-state index in [1.54, 1.807) is 42.3 Å². The number of benzene rings is 2. The maximum absolute atomic E-state index is 12.7. The minimum absolute atomic E-state index is 0.0395. The lowest BCUT2D eigenvalue weighted by molar-refractivity contribution is -0.118. The molecule has 0 saturated carbocycles. The van der Waals surface area contributed by atoms with Gasteiger partial charge in [-0.2, -0.15) is 0 Å². The summed E-state index contributed by atoms with van der Waals surface area (Å²) in [6.07, 6.45) is 1.08. The second-order valence-corrected chi connectivity index (χ2v) is 8.40. The van der Waals surface area contributed by atoms with Crippen LogP contribution in [0.5, 0.6) is 5.75 Å². The van der Waals surface area contributed by atoms with Crippen molar-refractivity contribution < 1.29 is 17.9 Å². The van der Waals surface area contributed by atoms with Crippen molar-refractivity contribution in [1.29, 1.82) is 0 Å². The van der Waals surface area contributed by atoms with Crippen LogP contribution < -0.4 is 14.4 Å². The topological polar surface area (TPSA) is 75.7 Å². The van der Waals surface area contributed by atoms with Crippen LogP contribution in [-0.2, 0) is 27.8 Å². The van der Waals surface area contributed by atoms with Crippen LogP contribution in [-0.4, -0.2) is 27.5 Å². The van der Waals surface area contributed by atoms with Crippen molar-refractivity contribution in [3.05, 3.63) is 53.6 Å². The summed E-state index contributed by atoms with van der Waals surface area (Å²) in [5.74, 6) is 0.773. The van der Waals surface area contributed by atoms with Gasteiger partial charge in [0.15, 0.2) is 0 Å². The molecule has 0 aliphatic carbocycles. The number of nitrogens with zero attached hydrogens (tertiary/aromatic N) is 1. The Bertz CT molecular complexity index is 939. The lowest BCUT2D eigenvalue weighted by Gasteiger charge is -2.22. The van der Waals surface area contributed by atoms with Crippen molar-refractivity contribution in [3.8, 4) is 5.75 Å². The third kappa shape index (κ3) is 3.99. The van der Waals surface area contributed by atoms with Crippen molar-refractivity contribution in [3.63, 3.8) is 0 Å². The molecule has 2 aromatic rings. The average Bonchev–Trinajstić information content (AvgIpc) is 3.01. The quantitative estimate of drug-likeness (QED) is 0.826. The van der Waals surface area contributed by atoms with Crippen molar-refractivity contribution in [2.75, 3.05) is 12.0 Å². The van der Waals surface area contributed by atoms with E-state index in [9.17, 15) is 13.2 Å². The van der Waals surface area contributed by atoms with E-state index in [4.69, 9.17) is 4.74 Å². The van der Waals surface area contributed by atoms with E-state index in [1.807, 2.05) is 26.0 Å². The Hall–Kier alpha value is -2.38. The number of nitrogens with one attached hydrogen (secondary N) is 1. The number of ether oxygens (including phenoxy) is 1. The molecule has 144 valence electrons. The van der Waals surface area contributed by atoms with Gasteiger partial charge in [0, 0.05) is 24.7 Å². The molecule has 0 spiro atoms. The highest BCUT2D eigenvalue weighted by atomic mass is 32.2. The van der Waals surface area contributed by atoms with Crippen molar-refractivity contribution in [2.24, 2.45) is 0 Å². The third-order valence-corrected chi connectivity index (χ3v) is 6.17. The monoisotopic (exact) mass is 388 g/mol. The van der Waals surface area contributed by atoms with E-state index < -0.39 is 10.0 Å². The van der Waals surface area contributed by atoms with Gasteiger partial charge >= 0.3 is 0 Å². The molecule has 0 radical (unpaired) electrons. The normalized spacial score (nSPS) is 16.3. The smallest absolute Gasteiger partial charge is 0.240 e. The van der Waals surface area contributed by atoms with Gasteiger partial charge in [0.2, 0.25) is 15.9 Å². The number of hydrogen-bond acceptors (Lipinski definition) is 4. The molecule has 1 N–H and O–H groups in total. The lowest BCUT2D eigenvalue weighted by atomic mass is 10.1. The number of sulfonamides is 1. The molecule has 0 fully saturated rings. The molecule has 27 heavy (non-hydrogen) atoms. The van der Waals surface area contributed by atoms with E-state index in [2.05, 4.69) is 4.72 Å². The van der Waals surface area contributed by atoms with E-state index in [0.29, 0.717) is 12.8 Å². The van der Waals surface area contributed by atoms with Crippen LogP contribution >= 0.6 is 0 Å². The predicted octanol–water partition coefficient (Wildman–Crippen LogP) is 2.86. The standard InChI is InChI=1S/C20H24N2O4S/c1-4-20(23)22-14(2)11-16-12-18(9-10-19(16)22)27(24,25)21-13-15-5-7-17(26-3)8-6-15/h5-10,12,14,21H,4,11,13H2,1-3H3. The van der Waals surface area contributed by atoms with E-state index >= 15 is 0 Å². The van der Waals surface area contributed by atoms with Crippen molar-refractivity contribution in [1.82, 2.24) is 4.72 Å². The first-order valence-corrected chi connectivity index (χ1v) is 10.4. The first-order valence-electron chi connectivity index (χ1n) is 8.93. The predicted molar refractivity (Wildman–Crippen MR) is 104 cm³/mol. The SMILES string of the molecule is CCC(=O)N1c2ccc(S(=O)(=O)NCc3ccc(OC)cc3)cc2CC1C. The van der Waals surface area contributed by atoms with Crippen LogP contribution in [0.2, 0.25) is 0 Å². The van der Waals surface area contributed by atoms with Gasteiger partial charge in [0.25, 0.3) is 0 Å². The van der Waals surface area contributed by atoms with Gasteiger partial charge in [-0.3, -0.25) is 4.79 Å². The minimum Gasteiger partial charge on any atom is -0.497 e. The number of fused-ring (bicyclic) bond motifs is 1. The van der Waals surface area contributed by atoms with Crippen LogP contribution in [0.4, 0.5) is 5.69 Å². The molecular weight excluding hydrogens is 364 g/mol. The maximum Gasteiger partial charge on any atom is 0.240 e. The summed E-state index contributed by atoms with van der Waals surface area (Å²) in [5, 5.41) is 0. The summed E-state index contributed by atoms with van der Waals surface area (Å²) in [6, 6.07) is 12.2. The first kappa shape index (κ1) is 19.4. The van der Waals surface area contributed by atoms with Gasteiger partial charge < -0.3 is 9.64 Å². The Morgan fingerprint density at radius 1 is 1.22 bits per heavy atom. The molecular formula is C20H24N2O4S. The highest BCUT2D eigenvalue weighted by Crippen LogP contribution is 2.34. The second-order valence-electron chi connectivity index (χ2n) is 6.63. The molecule has 7 heteroatoms. The third-order valence-electron chi connectivity index (χ3n) is 4.77. The van der Waals surface area contributed by atoms with Crippen molar-refractivity contribution in [2.45, 2.75) is 44.2 Å². The molecule has 1 aliphatic heterocycles. The highest BCUT2D eigenvalue weighted by Gasteiger charge is 2.31. The Morgan fingerprint density at radius 3 is 2.56 bits per heavy atom. The Morgan fingerprint density at radius 2 is 1.93 bits per heavy atom. The zero-order valence-corrected chi connectivity index (χ0v) is 16.5. The van der Waals surface area contributed by atoms with Gasteiger partial charge in [-0.25, -0.2) is 13.1 Å². The summed E-state index contributed by atoms with van der Waals surface area (Å²) in [6.45, 7) is 4.00. The number of methoxy groups -OCH3 is 1. The number of rotatable bonds is 6. The minimum atomic E-state index is -3.64. The zero-order chi connectivity index (χ0) is 19.6. The molecule has 1 amide bonds. The number of anilines is 1. The summed E-state index contributed by atoms with van der Waals surface area (Å²) in [4.78, 5) is 14.1. The van der Waals surface area contributed by atoms with Crippen LogP contribution in [0.1, 0.15) is 31.4 Å². The summed E-state index contributed by atoms with van der Waals surface area (Å²) < 4.78 is 33.1. The number of hydrogen-bond donors (Lipinski definition) is 1. The van der Waals surface area contributed by atoms with Crippen LogP contribution in [0, 0.1) is 0 Å². The lowest BCUT2D eigenvalue weighted by Crippen LogP contribution is -2.35. The van der Waals surface area contributed by atoms with Gasteiger partial charge in [-0.1, -0.05) is 19.1 Å². The van der Waals surface area contributed by atoms with Crippen LogP contribution in [0.25, 0.3) is 0 Å². The summed E-state index contributed by atoms with van der Waals surface area (Å²) in [5.41, 5.74) is 2.54. The fourth-order valence-electron chi connectivity index (χ4n) is 3.33. The number of carbonyl (C=O) groups is 1. The molecule has 0 aromatic heterocycles. The molecule has 0 bridgehead atoms. The summed E-state index contributed by atoms with van der Waals surface area (Å²) >= 11 is 0. The highest BCUT2D eigenvalue weighted by molar-refractivity contribution is 7.89. The van der Waals surface area contributed by atoms with E-state index in [0.717, 1.165) is 22.6 Å². The molecule has 3 rings (SSSR count). The number of carbonyl (C=O) groups excluding carboxylic acids is 1. The molecule has 2 aromatic carbocycles. The van der Waals surface area contributed by atoms with Gasteiger partial charge in [0.1, 0.15) is 5.75 Å². The van der Waals surface area contributed by atoms with Crippen molar-refractivity contribution >= 4 is 21.6 Å². The van der Waals surface area contributed by atoms with Gasteiger partial charge in [0.05, 0.1) is 12.0 Å². The Kier molecular flexibility index (Phi) is 5.53. The molecule has 1 unspecified atom stereocenters. The zero-order valence-electron chi connectivity index (χ0n) is 15.7. The fourth-order valence-corrected chi connectivity index (χ4v) is 4.40. The molecule has 1 heterocycles. The molecule has 0 saturated heterocycles. The van der Waals surface area contributed by atoms with Gasteiger partial charge in [-0.05, 0) is 54.8 Å². The average molecular weight is 388 g/mol. The maximum atomic E-state index is 12.7. The second kappa shape index (κ2) is 7.70. The Balaban J connectivity index is 1.77. The summed E-state index contributed by atoms with van der Waals surface area (Å²) in [7, 11) is -2.06. The number of amides is 1. The molecule has 1 atom stereocenters.